The molecule has 5 rings (SSSR count). The average Bonchev–Trinajstić information content (AvgIpc) is 2.97. The van der Waals surface area contributed by atoms with Gasteiger partial charge in [-0.1, -0.05) is 17.7 Å². The molecule has 32 heavy (non-hydrogen) atoms. The maximum atomic E-state index is 14.6. The Hall–Kier alpha value is -3.34. The van der Waals surface area contributed by atoms with Crippen LogP contribution < -0.4 is 0 Å². The minimum atomic E-state index is -0.175. The van der Waals surface area contributed by atoms with Crippen LogP contribution in [-0.4, -0.2) is 33.9 Å². The molecule has 0 saturated carbocycles. The number of halogens is 1. The number of carbonyl (C=O) groups excluding carboxylic acids is 1. The van der Waals surface area contributed by atoms with Gasteiger partial charge in [-0.25, -0.2) is 4.39 Å². The molecule has 1 fully saturated rings. The Balaban J connectivity index is 1.47. The van der Waals surface area contributed by atoms with Crippen LogP contribution in [0.3, 0.4) is 0 Å². The highest BCUT2D eigenvalue weighted by atomic mass is 19.1. The molecule has 1 saturated heterocycles. The van der Waals surface area contributed by atoms with E-state index in [1.807, 2.05) is 42.3 Å². The second kappa shape index (κ2) is 8.65. The zero-order chi connectivity index (χ0) is 22.1. The molecule has 0 bridgehead atoms. The highest BCUT2D eigenvalue weighted by molar-refractivity contribution is 5.85. The smallest absolute Gasteiger partial charge is 0.227 e. The summed E-state index contributed by atoms with van der Waals surface area (Å²) in [4.78, 5) is 23.5. The summed E-state index contributed by atoms with van der Waals surface area (Å²) in [7, 11) is 0. The van der Waals surface area contributed by atoms with E-state index < -0.39 is 0 Å². The molecule has 2 aromatic heterocycles. The molecule has 0 spiro atoms. The number of carbonyl (C=O) groups is 1. The lowest BCUT2D eigenvalue weighted by Gasteiger charge is -2.30. The molecule has 162 valence electrons. The van der Waals surface area contributed by atoms with E-state index in [1.54, 1.807) is 18.5 Å². The minimum Gasteiger partial charge on any atom is -0.342 e. The van der Waals surface area contributed by atoms with Gasteiger partial charge in [-0.05, 0) is 84.7 Å². The van der Waals surface area contributed by atoms with Crippen molar-refractivity contribution in [1.82, 2.24) is 14.9 Å². The zero-order valence-corrected chi connectivity index (χ0v) is 18.3. The number of piperidine rings is 1. The number of fused-ring (bicyclic) bond motifs is 2. The van der Waals surface area contributed by atoms with Crippen LogP contribution in [0.1, 0.15) is 46.4 Å². The molecule has 0 atom stereocenters. The molecule has 5 heteroatoms. The van der Waals surface area contributed by atoms with Crippen LogP contribution in [0.2, 0.25) is 0 Å². The predicted molar refractivity (Wildman–Crippen MR) is 123 cm³/mol. The van der Waals surface area contributed by atoms with Crippen molar-refractivity contribution in [1.29, 1.82) is 0 Å². The third-order valence-electron chi connectivity index (χ3n) is 6.62. The molecule has 1 amide bonds. The van der Waals surface area contributed by atoms with Crippen molar-refractivity contribution >= 4 is 11.5 Å². The van der Waals surface area contributed by atoms with Crippen LogP contribution >= 0.6 is 0 Å². The number of likely N-dealkylation sites (tertiary alicyclic amines) is 1. The lowest BCUT2D eigenvalue weighted by Crippen LogP contribution is -2.37. The van der Waals surface area contributed by atoms with Crippen LogP contribution in [0.15, 0.2) is 60.6 Å². The molecule has 2 aliphatic rings. The number of pyridine rings is 2. The van der Waals surface area contributed by atoms with Gasteiger partial charge < -0.3 is 4.90 Å². The fraction of sp³-hybridized carbons (Fsp3) is 0.296. The van der Waals surface area contributed by atoms with Crippen molar-refractivity contribution in [2.45, 2.75) is 39.0 Å². The maximum Gasteiger partial charge on any atom is 0.227 e. The van der Waals surface area contributed by atoms with Crippen LogP contribution in [0.4, 0.5) is 4.39 Å². The first-order valence-corrected chi connectivity index (χ1v) is 11.2. The Kier molecular flexibility index (Phi) is 5.56. The van der Waals surface area contributed by atoms with E-state index in [1.165, 1.54) is 16.7 Å². The second-order valence-corrected chi connectivity index (χ2v) is 8.66. The van der Waals surface area contributed by atoms with Gasteiger partial charge in [-0.15, -0.1) is 0 Å². The average molecular weight is 428 g/mol. The molecule has 3 aromatic rings. The Morgan fingerprint density at radius 3 is 2.53 bits per heavy atom. The summed E-state index contributed by atoms with van der Waals surface area (Å²) in [5.74, 6) is -0.0343. The second-order valence-electron chi connectivity index (χ2n) is 8.66. The molecule has 4 nitrogen and oxygen atoms in total. The summed E-state index contributed by atoms with van der Waals surface area (Å²) >= 11 is 0. The normalized spacial score (nSPS) is 15.8. The molecule has 1 aliphatic carbocycles. The monoisotopic (exact) mass is 427 g/mol. The van der Waals surface area contributed by atoms with Gasteiger partial charge in [0.05, 0.1) is 12.1 Å². The first kappa shape index (κ1) is 20.6. The van der Waals surface area contributed by atoms with Crippen molar-refractivity contribution in [3.63, 3.8) is 0 Å². The molecule has 1 aliphatic heterocycles. The largest absolute Gasteiger partial charge is 0.342 e. The Morgan fingerprint density at radius 2 is 1.75 bits per heavy atom. The molecule has 1 aromatic carbocycles. The van der Waals surface area contributed by atoms with Gasteiger partial charge in [0, 0.05) is 37.3 Å². The lowest BCUT2D eigenvalue weighted by molar-refractivity contribution is -0.130. The lowest BCUT2D eigenvalue weighted by atomic mass is 9.88. The number of rotatable bonds is 2. The van der Waals surface area contributed by atoms with E-state index in [2.05, 4.69) is 11.1 Å². The highest BCUT2D eigenvalue weighted by Gasteiger charge is 2.27. The molecule has 0 N–H and O–H groups in total. The van der Waals surface area contributed by atoms with Crippen LogP contribution in [0.25, 0.3) is 5.57 Å². The zero-order valence-electron chi connectivity index (χ0n) is 18.3. The number of amides is 1. The van der Waals surface area contributed by atoms with Gasteiger partial charge >= 0.3 is 0 Å². The van der Waals surface area contributed by atoms with E-state index in [9.17, 15) is 9.18 Å². The van der Waals surface area contributed by atoms with Gasteiger partial charge in [0.25, 0.3) is 0 Å². The predicted octanol–water partition coefficient (Wildman–Crippen LogP) is 4.69. The fourth-order valence-corrected chi connectivity index (χ4v) is 4.86. The summed E-state index contributed by atoms with van der Waals surface area (Å²) in [6.45, 7) is 3.18. The SMILES string of the molecule is Cc1cc2c(cc1F)C(=C1CCN(C(=O)Cc3ccncc3)CC1)c1ncccc1CC2. The highest BCUT2D eigenvalue weighted by Crippen LogP contribution is 2.38. The number of nitrogens with zero attached hydrogens (tertiary/aromatic N) is 3. The standard InChI is InChI=1S/C27H26FN3O/c1-18-15-22-5-4-21-3-2-10-30-27(21)26(23(22)17-24(18)28)20-8-13-31(14-9-20)25(32)16-19-6-11-29-12-7-19/h2-3,6-7,10-12,15,17H,4-5,8-9,13-14,16H2,1H3. The number of aromatic nitrogens is 2. The summed E-state index contributed by atoms with van der Waals surface area (Å²) < 4.78 is 14.6. The third-order valence-corrected chi connectivity index (χ3v) is 6.62. The molecular weight excluding hydrogens is 401 g/mol. The topological polar surface area (TPSA) is 46.1 Å². The third kappa shape index (κ3) is 3.95. The summed E-state index contributed by atoms with van der Waals surface area (Å²) in [6, 6.07) is 11.6. The number of hydrogen-bond donors (Lipinski definition) is 0. The Bertz CT molecular complexity index is 1190. The van der Waals surface area contributed by atoms with Crippen LogP contribution in [-0.2, 0) is 24.1 Å². The molecular formula is C27H26FN3O. The van der Waals surface area contributed by atoms with Crippen molar-refractivity contribution in [3.8, 4) is 0 Å². The van der Waals surface area contributed by atoms with Crippen molar-refractivity contribution in [3.05, 3.63) is 99.9 Å². The number of benzene rings is 1. The Morgan fingerprint density at radius 1 is 1.00 bits per heavy atom. The van der Waals surface area contributed by atoms with Crippen molar-refractivity contribution in [2.75, 3.05) is 13.1 Å². The van der Waals surface area contributed by atoms with E-state index in [0.717, 1.165) is 48.1 Å². The van der Waals surface area contributed by atoms with Gasteiger partial charge in [-0.2, -0.15) is 0 Å². The fourth-order valence-electron chi connectivity index (χ4n) is 4.86. The quantitative estimate of drug-likeness (QED) is 0.596. The van der Waals surface area contributed by atoms with Crippen molar-refractivity contribution in [2.24, 2.45) is 0 Å². The number of aryl methyl sites for hydroxylation is 3. The first-order valence-electron chi connectivity index (χ1n) is 11.2. The summed E-state index contributed by atoms with van der Waals surface area (Å²) in [5.41, 5.74) is 8.34. The van der Waals surface area contributed by atoms with Gasteiger partial charge in [0.15, 0.2) is 0 Å². The number of hydrogen-bond acceptors (Lipinski definition) is 3. The maximum absolute atomic E-state index is 14.6. The van der Waals surface area contributed by atoms with Crippen LogP contribution in [0.5, 0.6) is 0 Å². The van der Waals surface area contributed by atoms with Gasteiger partial charge in [0.1, 0.15) is 5.82 Å². The van der Waals surface area contributed by atoms with E-state index in [0.29, 0.717) is 25.1 Å². The summed E-state index contributed by atoms with van der Waals surface area (Å²) in [6.07, 6.45) is 8.99. The van der Waals surface area contributed by atoms with Crippen LogP contribution in [0, 0.1) is 12.7 Å². The van der Waals surface area contributed by atoms with E-state index in [4.69, 9.17) is 4.98 Å². The van der Waals surface area contributed by atoms with Gasteiger partial charge in [0.2, 0.25) is 5.91 Å². The van der Waals surface area contributed by atoms with Gasteiger partial charge in [-0.3, -0.25) is 14.8 Å². The summed E-state index contributed by atoms with van der Waals surface area (Å²) in [5, 5.41) is 0. The minimum absolute atomic E-state index is 0.140. The Labute approximate surface area is 187 Å². The molecule has 0 radical (unpaired) electrons. The van der Waals surface area contributed by atoms with Crippen molar-refractivity contribution < 1.29 is 9.18 Å². The molecule has 3 heterocycles. The van der Waals surface area contributed by atoms with E-state index >= 15 is 0 Å². The first-order chi connectivity index (χ1) is 15.6. The molecule has 0 unspecified atom stereocenters. The van der Waals surface area contributed by atoms with E-state index in [-0.39, 0.29) is 11.7 Å².